The lowest BCUT2D eigenvalue weighted by Crippen LogP contribution is -2.37. The Bertz CT molecular complexity index is 1620. The van der Waals surface area contributed by atoms with Crippen molar-refractivity contribution < 1.29 is 23.1 Å². The molecule has 11 nitrogen and oxygen atoms in total. The number of pyridine rings is 1. The maximum atomic E-state index is 13.3. The molecule has 1 saturated heterocycles. The van der Waals surface area contributed by atoms with Gasteiger partial charge in [-0.2, -0.15) is 17.9 Å². The number of hydrogen-bond acceptors (Lipinski definition) is 7. The van der Waals surface area contributed by atoms with E-state index < -0.39 is 30.6 Å². The molecule has 0 saturated carbocycles. The van der Waals surface area contributed by atoms with Gasteiger partial charge in [0, 0.05) is 30.3 Å². The Balaban J connectivity index is 1.58. The van der Waals surface area contributed by atoms with E-state index in [0.29, 0.717) is 29.3 Å². The minimum Gasteiger partial charge on any atom is -0.382 e. The third-order valence-corrected chi connectivity index (χ3v) is 7.00. The van der Waals surface area contributed by atoms with Crippen LogP contribution in [0.5, 0.6) is 0 Å². The van der Waals surface area contributed by atoms with Crippen molar-refractivity contribution >= 4 is 29.1 Å². The van der Waals surface area contributed by atoms with Crippen molar-refractivity contribution in [1.29, 1.82) is 0 Å². The molecule has 0 spiro atoms. The Morgan fingerprint density at radius 1 is 1.12 bits per heavy atom. The standard InChI is InChI=1S/C24H21Cl2F3N8O3/c1-34-16(8-9-19(34)39)22-31-18(32-37(22)21-15(26)3-2-10-30-21)12-36-23(40)35(11-17(38)24(27,28)29)20(33-36)13-4-6-14(25)7-5-13/h2-7,10,16-17,38H,8-9,11-12H2,1H3/t16-,17?/m1/s1. The van der Waals surface area contributed by atoms with Crippen LogP contribution in [-0.2, 0) is 17.9 Å². The molecule has 2 atom stereocenters. The van der Waals surface area contributed by atoms with Crippen LogP contribution in [0.3, 0.4) is 0 Å². The summed E-state index contributed by atoms with van der Waals surface area (Å²) in [5.41, 5.74) is -0.615. The Morgan fingerprint density at radius 3 is 2.48 bits per heavy atom. The second kappa shape index (κ2) is 10.7. The number of alkyl halides is 3. The first-order valence-corrected chi connectivity index (χ1v) is 12.7. The molecule has 1 amide bonds. The van der Waals surface area contributed by atoms with Crippen molar-refractivity contribution in [2.75, 3.05) is 7.05 Å². The van der Waals surface area contributed by atoms with E-state index in [9.17, 15) is 27.9 Å². The summed E-state index contributed by atoms with van der Waals surface area (Å²) in [5, 5.41) is 19.1. The molecule has 0 aliphatic carbocycles. The summed E-state index contributed by atoms with van der Waals surface area (Å²) in [4.78, 5) is 35.9. The average molecular weight is 597 g/mol. The highest BCUT2D eigenvalue weighted by molar-refractivity contribution is 6.32. The topological polar surface area (TPSA) is 124 Å². The number of aliphatic hydroxyl groups is 1. The molecular weight excluding hydrogens is 576 g/mol. The van der Waals surface area contributed by atoms with Gasteiger partial charge in [-0.15, -0.1) is 10.2 Å². The van der Waals surface area contributed by atoms with E-state index in [4.69, 9.17) is 23.2 Å². The molecule has 210 valence electrons. The fourth-order valence-electron chi connectivity index (χ4n) is 4.38. The van der Waals surface area contributed by atoms with Crippen molar-refractivity contribution in [3.05, 3.63) is 74.8 Å². The molecule has 3 aromatic heterocycles. The zero-order valence-corrected chi connectivity index (χ0v) is 22.3. The molecule has 4 heterocycles. The predicted molar refractivity (Wildman–Crippen MR) is 137 cm³/mol. The number of likely N-dealkylation sites (tertiary alicyclic amines) is 1. The van der Waals surface area contributed by atoms with Crippen LogP contribution >= 0.6 is 23.2 Å². The Labute approximate surface area is 234 Å². The molecule has 1 aliphatic rings. The van der Waals surface area contributed by atoms with Crippen LogP contribution < -0.4 is 5.69 Å². The maximum Gasteiger partial charge on any atom is 0.416 e. The molecule has 0 bridgehead atoms. The van der Waals surface area contributed by atoms with E-state index in [0.717, 1.165) is 9.25 Å². The Morgan fingerprint density at radius 2 is 1.85 bits per heavy atom. The van der Waals surface area contributed by atoms with Gasteiger partial charge in [-0.3, -0.25) is 9.36 Å². The monoisotopic (exact) mass is 596 g/mol. The second-order valence-electron chi connectivity index (χ2n) is 9.10. The average Bonchev–Trinajstić information content (AvgIpc) is 3.56. The summed E-state index contributed by atoms with van der Waals surface area (Å²) in [5.74, 6) is 0.480. The molecule has 1 aliphatic heterocycles. The normalized spacial score (nSPS) is 16.6. The summed E-state index contributed by atoms with van der Waals surface area (Å²) in [6.45, 7) is -1.41. The summed E-state index contributed by atoms with van der Waals surface area (Å²) >= 11 is 12.3. The van der Waals surface area contributed by atoms with Crippen LogP contribution in [0.15, 0.2) is 47.4 Å². The lowest BCUT2D eigenvalue weighted by Gasteiger charge is -2.19. The first-order chi connectivity index (χ1) is 18.9. The summed E-state index contributed by atoms with van der Waals surface area (Å²) in [6, 6.07) is 8.77. The van der Waals surface area contributed by atoms with E-state index in [1.165, 1.54) is 40.0 Å². The number of rotatable bonds is 7. The molecule has 4 aromatic rings. The maximum absolute atomic E-state index is 13.3. The van der Waals surface area contributed by atoms with Gasteiger partial charge in [0.05, 0.1) is 17.6 Å². The zero-order chi connectivity index (χ0) is 28.8. The molecule has 1 N–H and O–H groups in total. The van der Waals surface area contributed by atoms with Crippen molar-refractivity contribution in [2.45, 2.75) is 44.3 Å². The number of amides is 1. The van der Waals surface area contributed by atoms with E-state index in [2.05, 4.69) is 20.2 Å². The third kappa shape index (κ3) is 5.33. The zero-order valence-electron chi connectivity index (χ0n) is 20.8. The van der Waals surface area contributed by atoms with E-state index in [1.54, 1.807) is 19.2 Å². The molecule has 16 heteroatoms. The minimum absolute atomic E-state index is 0.0789. The highest BCUT2D eigenvalue weighted by Crippen LogP contribution is 2.32. The van der Waals surface area contributed by atoms with Crippen molar-refractivity contribution in [2.24, 2.45) is 0 Å². The highest BCUT2D eigenvalue weighted by atomic mass is 35.5. The third-order valence-electron chi connectivity index (χ3n) is 6.46. The molecular formula is C24H21Cl2F3N8O3. The summed E-state index contributed by atoms with van der Waals surface area (Å²) in [7, 11) is 1.63. The first-order valence-electron chi connectivity index (χ1n) is 11.9. The molecule has 1 aromatic carbocycles. The lowest BCUT2D eigenvalue weighted by molar-refractivity contribution is -0.207. The van der Waals surface area contributed by atoms with Gasteiger partial charge in [0.2, 0.25) is 5.91 Å². The van der Waals surface area contributed by atoms with Crippen LogP contribution in [0.2, 0.25) is 10.0 Å². The van der Waals surface area contributed by atoms with Crippen LogP contribution in [0.25, 0.3) is 17.2 Å². The van der Waals surface area contributed by atoms with Gasteiger partial charge in [-0.1, -0.05) is 23.2 Å². The van der Waals surface area contributed by atoms with E-state index >= 15 is 0 Å². The number of carbonyl (C=O) groups is 1. The molecule has 1 unspecified atom stereocenters. The van der Waals surface area contributed by atoms with Gasteiger partial charge >= 0.3 is 11.9 Å². The van der Waals surface area contributed by atoms with Crippen molar-refractivity contribution in [1.82, 2.24) is 39.0 Å². The van der Waals surface area contributed by atoms with Gasteiger partial charge in [0.15, 0.2) is 29.4 Å². The van der Waals surface area contributed by atoms with Crippen LogP contribution in [0, 0.1) is 0 Å². The van der Waals surface area contributed by atoms with E-state index in [-0.39, 0.29) is 34.9 Å². The van der Waals surface area contributed by atoms with Gasteiger partial charge < -0.3 is 10.0 Å². The molecule has 40 heavy (non-hydrogen) atoms. The largest absolute Gasteiger partial charge is 0.416 e. The number of aromatic nitrogens is 7. The van der Waals surface area contributed by atoms with Crippen molar-refractivity contribution in [3.63, 3.8) is 0 Å². The van der Waals surface area contributed by atoms with E-state index in [1.807, 2.05) is 0 Å². The molecule has 1 fully saturated rings. The molecule has 5 rings (SSSR count). The van der Waals surface area contributed by atoms with Gasteiger partial charge in [0.25, 0.3) is 0 Å². The number of nitrogens with zero attached hydrogens (tertiary/aromatic N) is 8. The minimum atomic E-state index is -4.96. The van der Waals surface area contributed by atoms with Gasteiger partial charge in [0.1, 0.15) is 6.54 Å². The lowest BCUT2D eigenvalue weighted by atomic mass is 10.2. The Hall–Kier alpha value is -3.75. The Kier molecular flexibility index (Phi) is 7.42. The number of benzene rings is 1. The summed E-state index contributed by atoms with van der Waals surface area (Å²) < 4.78 is 42.6. The first kappa shape index (κ1) is 27.8. The number of aliphatic hydroxyl groups excluding tert-OH is 1. The van der Waals surface area contributed by atoms with Gasteiger partial charge in [-0.25, -0.2) is 19.4 Å². The van der Waals surface area contributed by atoms with Crippen LogP contribution in [-0.4, -0.2) is 69.3 Å². The second-order valence-corrected chi connectivity index (χ2v) is 9.95. The number of halogens is 5. The van der Waals surface area contributed by atoms with Gasteiger partial charge in [-0.05, 0) is 42.8 Å². The quantitative estimate of drug-likeness (QED) is 0.347. The number of carbonyl (C=O) groups excluding carboxylic acids is 1. The smallest absolute Gasteiger partial charge is 0.382 e. The predicted octanol–water partition coefficient (Wildman–Crippen LogP) is 3.26. The highest BCUT2D eigenvalue weighted by Gasteiger charge is 2.39. The van der Waals surface area contributed by atoms with Crippen LogP contribution in [0.4, 0.5) is 13.2 Å². The fraction of sp³-hybridized carbons (Fsp3) is 0.333. The SMILES string of the molecule is CN1C(=O)CC[C@@H]1c1nc(Cn2nc(-c3ccc(Cl)cc3)n(CC(O)C(F)(F)F)c2=O)nn1-c1ncccc1Cl. The number of hydrogen-bond donors (Lipinski definition) is 1. The van der Waals surface area contributed by atoms with Crippen LogP contribution in [0.1, 0.15) is 30.5 Å². The molecule has 0 radical (unpaired) electrons. The fourth-order valence-corrected chi connectivity index (χ4v) is 4.71. The summed E-state index contributed by atoms with van der Waals surface area (Å²) in [6.07, 6.45) is -5.50. The van der Waals surface area contributed by atoms with Crippen molar-refractivity contribution in [3.8, 4) is 17.2 Å².